The van der Waals surface area contributed by atoms with E-state index in [9.17, 15) is 5.11 Å². The average molecular weight is 401 g/mol. The highest BCUT2D eigenvalue weighted by molar-refractivity contribution is 6.37. The molecule has 11 heteroatoms. The Balaban J connectivity index is 1.49. The van der Waals surface area contributed by atoms with E-state index in [1.165, 1.54) is 0 Å². The Labute approximate surface area is 176 Å². The van der Waals surface area contributed by atoms with Gasteiger partial charge in [0, 0.05) is 30.8 Å². The van der Waals surface area contributed by atoms with Crippen LogP contribution in [0.25, 0.3) is 17.0 Å². The lowest BCUT2D eigenvalue weighted by molar-refractivity contribution is 0.0116. The Morgan fingerprint density at radius 2 is 2.13 bits per heavy atom. The fourth-order valence-electron chi connectivity index (χ4n) is 3.71. The molecule has 4 heterocycles. The van der Waals surface area contributed by atoms with E-state index in [0.29, 0.717) is 34.8 Å². The lowest BCUT2D eigenvalue weighted by atomic mass is 9.76. The molecule has 30 heavy (non-hydrogen) atoms. The van der Waals surface area contributed by atoms with Gasteiger partial charge in [-0.2, -0.15) is 5.10 Å². The van der Waals surface area contributed by atoms with Crippen molar-refractivity contribution in [1.82, 2.24) is 29.9 Å². The van der Waals surface area contributed by atoms with Crippen molar-refractivity contribution in [2.24, 2.45) is 0 Å². The number of aromatic nitrogens is 5. The molecular weight excluding hydrogens is 380 g/mol. The van der Waals surface area contributed by atoms with Crippen LogP contribution < -0.4 is 15.4 Å². The Morgan fingerprint density at radius 3 is 2.87 bits per heavy atom. The Morgan fingerprint density at radius 1 is 1.27 bits per heavy atom. The van der Waals surface area contributed by atoms with Crippen molar-refractivity contribution in [3.8, 4) is 17.1 Å². The predicted octanol–water partition coefficient (Wildman–Crippen LogP) is 0.547. The summed E-state index contributed by atoms with van der Waals surface area (Å²) in [6.45, 7) is 1.94. The second-order valence-corrected chi connectivity index (χ2v) is 7.89. The fraction of sp³-hybridized carbons (Fsp3) is 0.474. The van der Waals surface area contributed by atoms with Crippen molar-refractivity contribution in [3.63, 3.8) is 0 Å². The van der Waals surface area contributed by atoms with Crippen LogP contribution in [0.2, 0.25) is 0 Å². The lowest BCUT2D eigenvalue weighted by Gasteiger charge is -2.23. The number of piperidine rings is 1. The van der Waals surface area contributed by atoms with Gasteiger partial charge in [0.2, 0.25) is 5.95 Å². The van der Waals surface area contributed by atoms with Crippen LogP contribution in [0.1, 0.15) is 37.3 Å². The van der Waals surface area contributed by atoms with Gasteiger partial charge in [0.05, 0.1) is 11.9 Å². The number of aliphatic hydroxyl groups is 1. The van der Waals surface area contributed by atoms with Crippen LogP contribution in [0.3, 0.4) is 0 Å². The van der Waals surface area contributed by atoms with E-state index in [2.05, 4.69) is 25.6 Å². The SMILES string of the molecule is [B]C([B])(O)Oc1cc2ncc(-c3ccnc(NC4CCCNC4)n3)n2nc1C1CC1. The van der Waals surface area contributed by atoms with Gasteiger partial charge < -0.3 is 20.5 Å². The summed E-state index contributed by atoms with van der Waals surface area (Å²) in [6.07, 6.45) is 7.62. The zero-order valence-electron chi connectivity index (χ0n) is 16.5. The first kappa shape index (κ1) is 19.3. The summed E-state index contributed by atoms with van der Waals surface area (Å²) in [5, 5.41) is 21.2. The maximum Gasteiger partial charge on any atom is 0.223 e. The molecule has 0 spiro atoms. The third-order valence-electron chi connectivity index (χ3n) is 5.27. The highest BCUT2D eigenvalue weighted by Crippen LogP contribution is 2.44. The maximum atomic E-state index is 9.67. The predicted molar refractivity (Wildman–Crippen MR) is 113 cm³/mol. The van der Waals surface area contributed by atoms with Crippen LogP contribution in [0.15, 0.2) is 24.5 Å². The molecule has 5 rings (SSSR count). The third-order valence-corrected chi connectivity index (χ3v) is 5.27. The smallest absolute Gasteiger partial charge is 0.223 e. The number of fused-ring (bicyclic) bond motifs is 1. The number of ether oxygens (including phenoxy) is 1. The van der Waals surface area contributed by atoms with Crippen molar-refractivity contribution < 1.29 is 9.84 Å². The number of imidazole rings is 1. The summed E-state index contributed by atoms with van der Waals surface area (Å²) in [4.78, 5) is 13.4. The highest BCUT2D eigenvalue weighted by atomic mass is 16.6. The van der Waals surface area contributed by atoms with Crippen LogP contribution in [0, 0.1) is 0 Å². The number of hydrogen-bond donors (Lipinski definition) is 3. The quantitative estimate of drug-likeness (QED) is 0.406. The number of anilines is 1. The van der Waals surface area contributed by atoms with E-state index in [-0.39, 0.29) is 5.92 Å². The molecule has 2 aliphatic rings. The number of hydrogen-bond acceptors (Lipinski definition) is 8. The average Bonchev–Trinajstić information content (AvgIpc) is 3.47. The molecule has 0 bridgehead atoms. The van der Waals surface area contributed by atoms with E-state index < -0.39 is 5.59 Å². The molecule has 1 saturated carbocycles. The molecule has 1 aliphatic carbocycles. The summed E-state index contributed by atoms with van der Waals surface area (Å²) >= 11 is 0. The van der Waals surface area contributed by atoms with Crippen molar-refractivity contribution in [2.45, 2.75) is 43.2 Å². The minimum atomic E-state index is -2.28. The Bertz CT molecular complexity index is 1060. The minimum absolute atomic E-state index is 0.239. The molecule has 150 valence electrons. The van der Waals surface area contributed by atoms with E-state index in [0.717, 1.165) is 44.5 Å². The van der Waals surface area contributed by atoms with Crippen LogP contribution in [0.5, 0.6) is 5.75 Å². The van der Waals surface area contributed by atoms with Crippen LogP contribution in [0.4, 0.5) is 5.95 Å². The topological polar surface area (TPSA) is 109 Å². The molecule has 9 nitrogen and oxygen atoms in total. The molecule has 1 atom stereocenters. The van der Waals surface area contributed by atoms with E-state index in [1.54, 1.807) is 23.0 Å². The molecule has 2 fully saturated rings. The Kier molecular flexibility index (Phi) is 4.86. The summed E-state index contributed by atoms with van der Waals surface area (Å²) < 4.78 is 7.04. The van der Waals surface area contributed by atoms with Crippen LogP contribution in [-0.4, -0.2) is 70.1 Å². The molecule has 1 saturated heterocycles. The minimum Gasteiger partial charge on any atom is -0.480 e. The molecular formula is C19H21B2N7O2. The van der Waals surface area contributed by atoms with Gasteiger partial charge in [-0.15, -0.1) is 0 Å². The third kappa shape index (κ3) is 4.13. The van der Waals surface area contributed by atoms with E-state index in [4.69, 9.17) is 25.5 Å². The molecule has 3 aromatic rings. The van der Waals surface area contributed by atoms with Crippen molar-refractivity contribution in [3.05, 3.63) is 30.2 Å². The highest BCUT2D eigenvalue weighted by Gasteiger charge is 2.31. The van der Waals surface area contributed by atoms with Gasteiger partial charge in [0.25, 0.3) is 0 Å². The van der Waals surface area contributed by atoms with Gasteiger partial charge >= 0.3 is 0 Å². The second kappa shape index (κ2) is 7.55. The Hall–Kier alpha value is -2.65. The fourth-order valence-corrected chi connectivity index (χ4v) is 3.71. The molecule has 0 amide bonds. The van der Waals surface area contributed by atoms with Gasteiger partial charge in [-0.25, -0.2) is 19.5 Å². The maximum absolute atomic E-state index is 9.67. The first-order chi connectivity index (χ1) is 14.5. The number of nitrogens with zero attached hydrogens (tertiary/aromatic N) is 5. The van der Waals surface area contributed by atoms with Crippen LogP contribution >= 0.6 is 0 Å². The summed E-state index contributed by atoms with van der Waals surface area (Å²) in [6, 6.07) is 3.82. The lowest BCUT2D eigenvalue weighted by Crippen LogP contribution is -2.38. The van der Waals surface area contributed by atoms with E-state index in [1.807, 2.05) is 6.07 Å². The largest absolute Gasteiger partial charge is 0.480 e. The normalized spacial score (nSPS) is 19.7. The molecule has 3 N–H and O–H groups in total. The van der Waals surface area contributed by atoms with Crippen LogP contribution in [-0.2, 0) is 0 Å². The zero-order chi connectivity index (χ0) is 20.7. The number of nitrogens with one attached hydrogen (secondary N) is 2. The van der Waals surface area contributed by atoms with E-state index >= 15 is 0 Å². The first-order valence-corrected chi connectivity index (χ1v) is 10.1. The van der Waals surface area contributed by atoms with Crippen molar-refractivity contribution in [1.29, 1.82) is 0 Å². The van der Waals surface area contributed by atoms with Crippen molar-refractivity contribution in [2.75, 3.05) is 18.4 Å². The molecule has 1 unspecified atom stereocenters. The van der Waals surface area contributed by atoms with Gasteiger partial charge in [-0.1, -0.05) is 0 Å². The molecule has 3 aromatic heterocycles. The van der Waals surface area contributed by atoms with Gasteiger partial charge in [-0.05, 0) is 38.3 Å². The van der Waals surface area contributed by atoms with Crippen molar-refractivity contribution >= 4 is 27.3 Å². The van der Waals surface area contributed by atoms with Gasteiger partial charge in [0.1, 0.15) is 22.7 Å². The molecule has 1 aliphatic heterocycles. The van der Waals surface area contributed by atoms with Gasteiger partial charge in [-0.3, -0.25) is 0 Å². The zero-order valence-corrected chi connectivity index (χ0v) is 16.5. The second-order valence-electron chi connectivity index (χ2n) is 7.89. The molecule has 0 aromatic carbocycles. The molecule has 4 radical (unpaired) electrons. The standard InChI is InChI=1S/C19H21B2N7O2/c20-19(21,29)30-15-8-16-24-10-14(28(16)27-17(15)11-3-4-11)13-5-7-23-18(26-13)25-12-2-1-6-22-9-12/h5,7-8,10-12,22,29H,1-4,6,9H2,(H,23,25,26). The summed E-state index contributed by atoms with van der Waals surface area (Å²) in [7, 11) is 10.8. The summed E-state index contributed by atoms with van der Waals surface area (Å²) in [5.41, 5.74) is 0.401. The van der Waals surface area contributed by atoms with Gasteiger partial charge in [0.15, 0.2) is 21.3 Å². The summed E-state index contributed by atoms with van der Waals surface area (Å²) in [5.74, 6) is 1.16. The number of rotatable bonds is 6. The monoisotopic (exact) mass is 401 g/mol. The first-order valence-electron chi connectivity index (χ1n) is 10.1.